The van der Waals surface area contributed by atoms with Crippen molar-refractivity contribution in [2.75, 3.05) is 7.11 Å². The molecule has 0 aliphatic carbocycles. The minimum Gasteiger partial charge on any atom is -0.481 e. The molecule has 0 radical (unpaired) electrons. The minimum absolute atomic E-state index is 0.114. The number of carboxylic acid groups (broad SMARTS) is 1. The molecule has 0 bridgehead atoms. The molecule has 0 spiro atoms. The molecule has 1 aromatic carbocycles. The van der Waals surface area contributed by atoms with Gasteiger partial charge in [0.25, 0.3) is 0 Å². The van der Waals surface area contributed by atoms with Crippen LogP contribution in [0.4, 0.5) is 0 Å². The van der Waals surface area contributed by atoms with Crippen LogP contribution in [0.3, 0.4) is 0 Å². The number of ether oxygens (including phenoxy) is 1. The molecule has 4 nitrogen and oxygen atoms in total. The van der Waals surface area contributed by atoms with Crippen LogP contribution in [0.2, 0.25) is 0 Å². The van der Waals surface area contributed by atoms with E-state index in [1.54, 1.807) is 7.11 Å². The summed E-state index contributed by atoms with van der Waals surface area (Å²) in [7, 11) is 1.66. The van der Waals surface area contributed by atoms with Crippen molar-refractivity contribution in [2.24, 2.45) is 0 Å². The Bertz CT molecular complexity index is 565. The molecule has 0 aliphatic heterocycles. The molecule has 2 rings (SSSR count). The first kappa shape index (κ1) is 13.7. The Balaban J connectivity index is 2.20. The summed E-state index contributed by atoms with van der Waals surface area (Å²) in [5, 5.41) is 11.5. The molecule has 2 aromatic rings. The third-order valence-electron chi connectivity index (χ3n) is 2.69. The number of nitrogens with zero attached hydrogens (tertiary/aromatic N) is 1. The van der Waals surface area contributed by atoms with E-state index in [2.05, 4.69) is 4.98 Å². The summed E-state index contributed by atoms with van der Waals surface area (Å²) >= 11 is 1.53. The van der Waals surface area contributed by atoms with E-state index < -0.39 is 5.97 Å². The molecule has 5 heteroatoms. The topological polar surface area (TPSA) is 59.4 Å². The summed E-state index contributed by atoms with van der Waals surface area (Å²) in [6.45, 7) is 0.542. The Labute approximate surface area is 115 Å². The molecular formula is C14H15NO3S. The van der Waals surface area contributed by atoms with Crippen LogP contribution in [0.25, 0.3) is 10.6 Å². The van der Waals surface area contributed by atoms with E-state index in [9.17, 15) is 4.79 Å². The van der Waals surface area contributed by atoms with Crippen LogP contribution in [-0.4, -0.2) is 23.2 Å². The second-order valence-corrected chi connectivity index (χ2v) is 4.99. The molecule has 100 valence electrons. The zero-order valence-electron chi connectivity index (χ0n) is 10.6. The molecule has 0 fully saturated rings. The average Bonchev–Trinajstić information content (AvgIpc) is 2.86. The summed E-state index contributed by atoms with van der Waals surface area (Å²) < 4.78 is 5.17. The van der Waals surface area contributed by atoms with E-state index in [0.717, 1.165) is 21.8 Å². The van der Waals surface area contributed by atoms with Gasteiger partial charge in [-0.2, -0.15) is 0 Å². The van der Waals surface area contributed by atoms with Gasteiger partial charge in [-0.15, -0.1) is 11.3 Å². The highest BCUT2D eigenvalue weighted by Gasteiger charge is 2.09. The smallest absolute Gasteiger partial charge is 0.303 e. The third-order valence-corrected chi connectivity index (χ3v) is 3.62. The Kier molecular flexibility index (Phi) is 4.65. The van der Waals surface area contributed by atoms with Gasteiger partial charge in [-0.25, -0.2) is 4.98 Å². The lowest BCUT2D eigenvalue weighted by molar-refractivity contribution is -0.136. The van der Waals surface area contributed by atoms with Crippen molar-refractivity contribution in [2.45, 2.75) is 19.4 Å². The number of aryl methyl sites for hydroxylation is 1. The summed E-state index contributed by atoms with van der Waals surface area (Å²) in [6, 6.07) is 7.95. The largest absolute Gasteiger partial charge is 0.481 e. The van der Waals surface area contributed by atoms with E-state index >= 15 is 0 Å². The number of carbonyl (C=O) groups is 1. The summed E-state index contributed by atoms with van der Waals surface area (Å²) in [5.41, 5.74) is 2.97. The van der Waals surface area contributed by atoms with Crippen LogP contribution in [-0.2, 0) is 22.6 Å². The normalized spacial score (nSPS) is 10.6. The highest BCUT2D eigenvalue weighted by atomic mass is 32.1. The lowest BCUT2D eigenvalue weighted by Crippen LogP contribution is -1.97. The predicted octanol–water partition coefficient (Wildman–Crippen LogP) is 2.97. The average molecular weight is 277 g/mol. The molecule has 1 N–H and O–H groups in total. The van der Waals surface area contributed by atoms with E-state index in [1.807, 2.05) is 29.6 Å². The highest BCUT2D eigenvalue weighted by molar-refractivity contribution is 7.13. The first-order valence-electron chi connectivity index (χ1n) is 5.94. The van der Waals surface area contributed by atoms with Gasteiger partial charge in [0.2, 0.25) is 0 Å². The van der Waals surface area contributed by atoms with Crippen LogP contribution in [0, 0.1) is 0 Å². The zero-order chi connectivity index (χ0) is 13.7. The van der Waals surface area contributed by atoms with E-state index in [1.165, 1.54) is 11.3 Å². The lowest BCUT2D eigenvalue weighted by atomic mass is 10.1. The molecule has 0 atom stereocenters. The fraction of sp³-hybridized carbons (Fsp3) is 0.286. The van der Waals surface area contributed by atoms with Crippen molar-refractivity contribution in [3.63, 3.8) is 0 Å². The summed E-state index contributed by atoms with van der Waals surface area (Å²) in [5.74, 6) is -0.797. The van der Waals surface area contributed by atoms with Crippen molar-refractivity contribution in [3.05, 3.63) is 40.9 Å². The second-order valence-electron chi connectivity index (χ2n) is 4.13. The standard InChI is InChI=1S/C14H15NO3S/c1-18-8-10-4-2-3-5-12(10)14-15-11(9-19-14)6-7-13(16)17/h2-5,9H,6-8H2,1H3,(H,16,17). The number of aromatic nitrogens is 1. The number of aliphatic carboxylic acids is 1. The fourth-order valence-corrected chi connectivity index (χ4v) is 2.71. The molecule has 0 saturated carbocycles. The van der Waals surface area contributed by atoms with Gasteiger partial charge >= 0.3 is 5.97 Å². The molecule has 1 aromatic heterocycles. The van der Waals surface area contributed by atoms with Gasteiger partial charge in [-0.1, -0.05) is 24.3 Å². The Morgan fingerprint density at radius 3 is 2.95 bits per heavy atom. The van der Waals surface area contributed by atoms with Crippen molar-refractivity contribution in [1.29, 1.82) is 0 Å². The highest BCUT2D eigenvalue weighted by Crippen LogP contribution is 2.27. The number of benzene rings is 1. The predicted molar refractivity (Wildman–Crippen MR) is 74.2 cm³/mol. The monoisotopic (exact) mass is 277 g/mol. The van der Waals surface area contributed by atoms with Gasteiger partial charge in [0.1, 0.15) is 5.01 Å². The minimum atomic E-state index is -0.797. The van der Waals surface area contributed by atoms with Gasteiger partial charge in [-0.3, -0.25) is 4.79 Å². The van der Waals surface area contributed by atoms with Crippen LogP contribution < -0.4 is 0 Å². The van der Waals surface area contributed by atoms with Gasteiger partial charge in [0.15, 0.2) is 0 Å². The Morgan fingerprint density at radius 2 is 2.21 bits per heavy atom. The van der Waals surface area contributed by atoms with Gasteiger partial charge < -0.3 is 9.84 Å². The molecule has 19 heavy (non-hydrogen) atoms. The molecule has 0 unspecified atom stereocenters. The fourth-order valence-electron chi connectivity index (χ4n) is 1.79. The first-order valence-corrected chi connectivity index (χ1v) is 6.82. The molecule has 0 aliphatic rings. The van der Waals surface area contributed by atoms with Crippen LogP contribution >= 0.6 is 11.3 Å². The van der Waals surface area contributed by atoms with Gasteiger partial charge in [0.05, 0.1) is 18.7 Å². The third kappa shape index (κ3) is 3.62. The zero-order valence-corrected chi connectivity index (χ0v) is 11.4. The van der Waals surface area contributed by atoms with Crippen molar-refractivity contribution in [1.82, 2.24) is 4.98 Å². The summed E-state index contributed by atoms with van der Waals surface area (Å²) in [6.07, 6.45) is 0.584. The summed E-state index contributed by atoms with van der Waals surface area (Å²) in [4.78, 5) is 15.0. The molecule has 0 amide bonds. The SMILES string of the molecule is COCc1ccccc1-c1nc(CCC(=O)O)cs1. The van der Waals surface area contributed by atoms with E-state index in [0.29, 0.717) is 13.0 Å². The van der Waals surface area contributed by atoms with Crippen molar-refractivity contribution in [3.8, 4) is 10.6 Å². The Morgan fingerprint density at radius 1 is 1.42 bits per heavy atom. The maximum atomic E-state index is 10.5. The second kappa shape index (κ2) is 6.45. The van der Waals surface area contributed by atoms with Crippen LogP contribution in [0.1, 0.15) is 17.7 Å². The number of carboxylic acids is 1. The molecule has 0 saturated heterocycles. The maximum absolute atomic E-state index is 10.5. The maximum Gasteiger partial charge on any atom is 0.303 e. The Hall–Kier alpha value is -1.72. The van der Waals surface area contributed by atoms with Crippen molar-refractivity contribution >= 4 is 17.3 Å². The first-order chi connectivity index (χ1) is 9.20. The number of rotatable bonds is 6. The van der Waals surface area contributed by atoms with Gasteiger partial charge in [0, 0.05) is 24.5 Å². The van der Waals surface area contributed by atoms with Crippen LogP contribution in [0.5, 0.6) is 0 Å². The number of thiazole rings is 1. The quantitative estimate of drug-likeness (QED) is 0.882. The molecular weight excluding hydrogens is 262 g/mol. The lowest BCUT2D eigenvalue weighted by Gasteiger charge is -2.05. The molecule has 1 heterocycles. The van der Waals surface area contributed by atoms with E-state index in [4.69, 9.17) is 9.84 Å². The van der Waals surface area contributed by atoms with Gasteiger partial charge in [-0.05, 0) is 5.56 Å². The number of methoxy groups -OCH3 is 1. The van der Waals surface area contributed by atoms with Crippen LogP contribution in [0.15, 0.2) is 29.6 Å². The van der Waals surface area contributed by atoms with Crippen molar-refractivity contribution < 1.29 is 14.6 Å². The number of hydrogen-bond donors (Lipinski definition) is 1. The van der Waals surface area contributed by atoms with E-state index in [-0.39, 0.29) is 6.42 Å². The number of hydrogen-bond acceptors (Lipinski definition) is 4.